The predicted molar refractivity (Wildman–Crippen MR) is 71.1 cm³/mol. The van der Waals surface area contributed by atoms with Crippen LogP contribution in [0.5, 0.6) is 0 Å². The fraction of sp³-hybridized carbons (Fsp3) is 0.400. The lowest BCUT2D eigenvalue weighted by atomic mass is 9.89. The molecule has 1 N–H and O–H groups in total. The van der Waals surface area contributed by atoms with Crippen LogP contribution in [0, 0.1) is 26.7 Å². The second-order valence-electron chi connectivity index (χ2n) is 4.84. The molecule has 0 saturated carbocycles. The molecule has 0 spiro atoms. The van der Waals surface area contributed by atoms with E-state index in [9.17, 15) is 4.79 Å². The third-order valence-electron chi connectivity index (χ3n) is 3.05. The van der Waals surface area contributed by atoms with Gasteiger partial charge in [0.15, 0.2) is 0 Å². The Morgan fingerprint density at radius 1 is 1.12 bits per heavy atom. The van der Waals surface area contributed by atoms with Gasteiger partial charge >= 0.3 is 5.97 Å². The van der Waals surface area contributed by atoms with Crippen LogP contribution in [0.3, 0.4) is 0 Å². The number of carboxylic acid groups (broad SMARTS) is 1. The first-order valence-electron chi connectivity index (χ1n) is 5.85. The average Bonchev–Trinajstić information content (AvgIpc) is 2.20. The van der Waals surface area contributed by atoms with Gasteiger partial charge in [-0.25, -0.2) is 4.79 Å². The molecule has 2 nitrogen and oxygen atoms in total. The van der Waals surface area contributed by atoms with Gasteiger partial charge in [0.1, 0.15) is 0 Å². The van der Waals surface area contributed by atoms with Crippen LogP contribution in [0.2, 0.25) is 0 Å². The van der Waals surface area contributed by atoms with E-state index in [1.807, 2.05) is 20.8 Å². The van der Waals surface area contributed by atoms with Gasteiger partial charge in [0.05, 0.1) is 0 Å². The molecule has 0 atom stereocenters. The van der Waals surface area contributed by atoms with E-state index >= 15 is 0 Å². The molecular formula is C15H20O2. The van der Waals surface area contributed by atoms with Crippen molar-refractivity contribution in [3.05, 3.63) is 40.5 Å². The van der Waals surface area contributed by atoms with E-state index in [4.69, 9.17) is 5.11 Å². The Balaban J connectivity index is 3.39. The molecule has 0 aliphatic carbocycles. The van der Waals surface area contributed by atoms with Gasteiger partial charge in [0.25, 0.3) is 0 Å². The van der Waals surface area contributed by atoms with Gasteiger partial charge in [-0.15, -0.1) is 0 Å². The van der Waals surface area contributed by atoms with Crippen molar-refractivity contribution in [1.82, 2.24) is 0 Å². The minimum Gasteiger partial charge on any atom is -0.478 e. The van der Waals surface area contributed by atoms with E-state index in [2.05, 4.69) is 26.0 Å². The molecule has 0 bridgehead atoms. The summed E-state index contributed by atoms with van der Waals surface area (Å²) in [4.78, 5) is 10.9. The topological polar surface area (TPSA) is 37.3 Å². The summed E-state index contributed by atoms with van der Waals surface area (Å²) in [5, 5.41) is 8.93. The van der Waals surface area contributed by atoms with E-state index in [1.165, 1.54) is 17.2 Å². The summed E-state index contributed by atoms with van der Waals surface area (Å²) < 4.78 is 0. The molecule has 1 rings (SSSR count). The summed E-state index contributed by atoms with van der Waals surface area (Å²) in [5.74, 6) is -0.682. The van der Waals surface area contributed by atoms with E-state index in [0.717, 1.165) is 16.7 Å². The standard InChI is InChI=1S/C15H20O2/c1-9(2)13(8-15(16)17)14-7-11(4)10(3)6-12(14)5/h6-9H,1-5H3,(H,16,17)/b13-8+. The van der Waals surface area contributed by atoms with E-state index < -0.39 is 5.97 Å². The van der Waals surface area contributed by atoms with Crippen LogP contribution >= 0.6 is 0 Å². The molecule has 0 aromatic heterocycles. The zero-order valence-electron chi connectivity index (χ0n) is 11.2. The number of hydrogen-bond acceptors (Lipinski definition) is 1. The number of carbonyl (C=O) groups is 1. The molecule has 92 valence electrons. The number of hydrogen-bond donors (Lipinski definition) is 1. The van der Waals surface area contributed by atoms with Crippen LogP contribution in [0.25, 0.3) is 5.57 Å². The van der Waals surface area contributed by atoms with Crippen molar-refractivity contribution in [2.75, 3.05) is 0 Å². The lowest BCUT2D eigenvalue weighted by Gasteiger charge is -2.16. The van der Waals surface area contributed by atoms with Gasteiger partial charge in [-0.2, -0.15) is 0 Å². The van der Waals surface area contributed by atoms with Crippen LogP contribution in [0.4, 0.5) is 0 Å². The van der Waals surface area contributed by atoms with Crippen molar-refractivity contribution >= 4 is 11.5 Å². The summed E-state index contributed by atoms with van der Waals surface area (Å²) >= 11 is 0. The Morgan fingerprint density at radius 2 is 1.65 bits per heavy atom. The molecule has 1 aromatic carbocycles. The maximum atomic E-state index is 10.9. The summed E-state index contributed by atoms with van der Waals surface area (Å²) in [5.41, 5.74) is 5.50. The van der Waals surface area contributed by atoms with E-state index in [1.54, 1.807) is 0 Å². The third-order valence-corrected chi connectivity index (χ3v) is 3.05. The Kier molecular flexibility index (Phi) is 4.11. The first kappa shape index (κ1) is 13.5. The molecule has 0 unspecified atom stereocenters. The number of benzene rings is 1. The summed E-state index contributed by atoms with van der Waals surface area (Å²) in [6.45, 7) is 10.2. The Labute approximate surface area is 103 Å². The smallest absolute Gasteiger partial charge is 0.328 e. The molecular weight excluding hydrogens is 212 g/mol. The first-order chi connectivity index (χ1) is 7.82. The normalized spacial score (nSPS) is 12.0. The highest BCUT2D eigenvalue weighted by Crippen LogP contribution is 2.28. The molecule has 0 aliphatic heterocycles. The molecule has 0 heterocycles. The minimum atomic E-state index is -0.883. The number of carboxylic acids is 1. The number of aliphatic carboxylic acids is 1. The molecule has 0 radical (unpaired) electrons. The molecule has 0 aliphatic rings. The van der Waals surface area contributed by atoms with Gasteiger partial charge in [0.2, 0.25) is 0 Å². The van der Waals surface area contributed by atoms with Crippen molar-refractivity contribution in [3.63, 3.8) is 0 Å². The molecule has 2 heteroatoms. The minimum absolute atomic E-state index is 0.201. The second-order valence-corrected chi connectivity index (χ2v) is 4.84. The van der Waals surface area contributed by atoms with Gasteiger partial charge in [0, 0.05) is 6.08 Å². The lowest BCUT2D eigenvalue weighted by molar-refractivity contribution is -0.131. The van der Waals surface area contributed by atoms with Crippen LogP contribution in [-0.4, -0.2) is 11.1 Å². The van der Waals surface area contributed by atoms with Crippen molar-refractivity contribution < 1.29 is 9.90 Å². The largest absolute Gasteiger partial charge is 0.478 e. The molecule has 17 heavy (non-hydrogen) atoms. The highest BCUT2D eigenvalue weighted by Gasteiger charge is 2.12. The molecule has 0 amide bonds. The first-order valence-corrected chi connectivity index (χ1v) is 5.85. The molecule has 0 saturated heterocycles. The van der Waals surface area contributed by atoms with E-state index in [0.29, 0.717) is 0 Å². The zero-order chi connectivity index (χ0) is 13.2. The average molecular weight is 232 g/mol. The van der Waals surface area contributed by atoms with Crippen molar-refractivity contribution in [3.8, 4) is 0 Å². The number of rotatable bonds is 3. The van der Waals surface area contributed by atoms with E-state index in [-0.39, 0.29) is 5.92 Å². The van der Waals surface area contributed by atoms with Gasteiger partial charge in [-0.05, 0) is 54.5 Å². The maximum Gasteiger partial charge on any atom is 0.328 e. The van der Waals surface area contributed by atoms with Crippen LogP contribution in [-0.2, 0) is 4.79 Å². The highest BCUT2D eigenvalue weighted by molar-refractivity contribution is 5.91. The number of allylic oxidation sites excluding steroid dienone is 1. The second kappa shape index (κ2) is 5.17. The Hall–Kier alpha value is -1.57. The van der Waals surface area contributed by atoms with Crippen LogP contribution < -0.4 is 0 Å². The Morgan fingerprint density at radius 3 is 2.12 bits per heavy atom. The Bertz CT molecular complexity index is 468. The quantitative estimate of drug-likeness (QED) is 0.806. The fourth-order valence-corrected chi connectivity index (χ4v) is 1.96. The van der Waals surface area contributed by atoms with Crippen molar-refractivity contribution in [1.29, 1.82) is 0 Å². The maximum absolute atomic E-state index is 10.9. The fourth-order valence-electron chi connectivity index (χ4n) is 1.96. The van der Waals surface area contributed by atoms with Gasteiger partial charge in [-0.3, -0.25) is 0 Å². The van der Waals surface area contributed by atoms with Crippen molar-refractivity contribution in [2.45, 2.75) is 34.6 Å². The SMILES string of the molecule is Cc1cc(C)c(/C(=C/C(=O)O)C(C)C)cc1C. The van der Waals surface area contributed by atoms with Crippen LogP contribution in [0.15, 0.2) is 18.2 Å². The monoisotopic (exact) mass is 232 g/mol. The third kappa shape index (κ3) is 3.19. The van der Waals surface area contributed by atoms with Crippen LogP contribution in [0.1, 0.15) is 36.1 Å². The highest BCUT2D eigenvalue weighted by atomic mass is 16.4. The zero-order valence-corrected chi connectivity index (χ0v) is 11.2. The molecule has 0 fully saturated rings. The lowest BCUT2D eigenvalue weighted by Crippen LogP contribution is -2.02. The summed E-state index contributed by atoms with van der Waals surface area (Å²) in [6, 6.07) is 4.20. The number of aryl methyl sites for hydroxylation is 3. The predicted octanol–water partition coefficient (Wildman–Crippen LogP) is 3.74. The van der Waals surface area contributed by atoms with Crippen molar-refractivity contribution in [2.24, 2.45) is 5.92 Å². The molecule has 1 aromatic rings. The van der Waals surface area contributed by atoms with Gasteiger partial charge < -0.3 is 5.11 Å². The summed E-state index contributed by atoms with van der Waals surface area (Å²) in [7, 11) is 0. The summed E-state index contributed by atoms with van der Waals surface area (Å²) in [6.07, 6.45) is 1.32. The van der Waals surface area contributed by atoms with Gasteiger partial charge in [-0.1, -0.05) is 26.0 Å².